The summed E-state index contributed by atoms with van der Waals surface area (Å²) in [4.78, 5) is 7.02. The Morgan fingerprint density at radius 2 is 2.05 bits per heavy atom. The maximum atomic E-state index is 4.48. The van der Waals surface area contributed by atoms with Crippen molar-refractivity contribution in [1.82, 2.24) is 9.88 Å². The fourth-order valence-corrected chi connectivity index (χ4v) is 4.12. The molecule has 0 bridgehead atoms. The minimum atomic E-state index is 0.738. The normalized spacial score (nSPS) is 16.9. The Morgan fingerprint density at radius 1 is 1.25 bits per heavy atom. The summed E-state index contributed by atoms with van der Waals surface area (Å²) >= 11 is 2.09. The molecule has 0 spiro atoms. The molecule has 2 nitrogen and oxygen atoms in total. The zero-order chi connectivity index (χ0) is 13.9. The molecule has 1 aliphatic heterocycles. The molecule has 3 rings (SSSR count). The molecule has 0 unspecified atom stereocenters. The zero-order valence-electron chi connectivity index (χ0n) is 12.3. The van der Waals surface area contributed by atoms with E-state index in [9.17, 15) is 0 Å². The van der Waals surface area contributed by atoms with Gasteiger partial charge < -0.3 is 0 Å². The number of hydrogen-bond acceptors (Lipinski definition) is 3. The molecule has 1 fully saturated rings. The van der Waals surface area contributed by atoms with Gasteiger partial charge >= 0.3 is 0 Å². The number of hydrogen-bond donors (Lipinski definition) is 0. The molecule has 1 saturated heterocycles. The lowest BCUT2D eigenvalue weighted by Crippen LogP contribution is -2.34. The lowest BCUT2D eigenvalue weighted by atomic mass is 10.0. The van der Waals surface area contributed by atoms with Gasteiger partial charge in [0.2, 0.25) is 0 Å². The van der Waals surface area contributed by atoms with Crippen LogP contribution in [0.1, 0.15) is 24.0 Å². The van der Waals surface area contributed by atoms with E-state index in [1.807, 2.05) is 12.3 Å². The fourth-order valence-electron chi connectivity index (χ4n) is 3.04. The first-order valence-corrected chi connectivity index (χ1v) is 8.52. The topological polar surface area (TPSA) is 16.1 Å². The van der Waals surface area contributed by atoms with Crippen molar-refractivity contribution in [2.45, 2.75) is 32.4 Å². The summed E-state index contributed by atoms with van der Waals surface area (Å²) in [6, 6.07) is 9.32. The van der Waals surface area contributed by atoms with E-state index in [1.165, 1.54) is 40.9 Å². The van der Waals surface area contributed by atoms with Crippen molar-refractivity contribution in [2.75, 3.05) is 18.6 Å². The lowest BCUT2D eigenvalue weighted by Gasteiger charge is -2.31. The van der Waals surface area contributed by atoms with Crippen molar-refractivity contribution < 1.29 is 0 Å². The summed E-state index contributed by atoms with van der Waals surface area (Å²) in [5, 5.41) is 1.31. The number of rotatable bonds is 3. The average molecular weight is 286 g/mol. The van der Waals surface area contributed by atoms with Gasteiger partial charge in [0.05, 0.1) is 5.52 Å². The molecular formula is C17H22N2S. The third-order valence-electron chi connectivity index (χ3n) is 4.35. The standard InChI is InChI=1S/C17H22N2S/c1-13-5-6-17-15(4-3-9-18-17)16(13)12-19(2)14-7-10-20-11-8-14/h3-6,9,14H,7-8,10-12H2,1-2H3. The van der Waals surface area contributed by atoms with Gasteiger partial charge in [0, 0.05) is 24.2 Å². The van der Waals surface area contributed by atoms with E-state index >= 15 is 0 Å². The summed E-state index contributed by atoms with van der Waals surface area (Å²) in [6.45, 7) is 3.25. The van der Waals surface area contributed by atoms with Gasteiger partial charge in [0.1, 0.15) is 0 Å². The third kappa shape index (κ3) is 2.84. The maximum Gasteiger partial charge on any atom is 0.0705 e. The maximum absolute atomic E-state index is 4.48. The molecule has 0 radical (unpaired) electrons. The quantitative estimate of drug-likeness (QED) is 0.852. The Balaban J connectivity index is 1.87. The lowest BCUT2D eigenvalue weighted by molar-refractivity contribution is 0.221. The van der Waals surface area contributed by atoms with E-state index in [0.717, 1.165) is 18.1 Å². The molecule has 2 heterocycles. The van der Waals surface area contributed by atoms with E-state index in [4.69, 9.17) is 0 Å². The Morgan fingerprint density at radius 3 is 2.85 bits per heavy atom. The van der Waals surface area contributed by atoms with E-state index < -0.39 is 0 Å². The summed E-state index contributed by atoms with van der Waals surface area (Å²) in [5.74, 6) is 2.62. The van der Waals surface area contributed by atoms with Crippen molar-refractivity contribution in [3.8, 4) is 0 Å². The molecule has 106 valence electrons. The number of nitrogens with zero attached hydrogens (tertiary/aromatic N) is 2. The molecule has 0 aliphatic carbocycles. The average Bonchev–Trinajstić information content (AvgIpc) is 2.51. The number of aromatic nitrogens is 1. The minimum Gasteiger partial charge on any atom is -0.299 e. The van der Waals surface area contributed by atoms with Gasteiger partial charge in [-0.25, -0.2) is 0 Å². The van der Waals surface area contributed by atoms with Crippen molar-refractivity contribution in [2.24, 2.45) is 0 Å². The number of fused-ring (bicyclic) bond motifs is 1. The predicted molar refractivity (Wildman–Crippen MR) is 88.3 cm³/mol. The van der Waals surface area contributed by atoms with Crippen LogP contribution in [0.2, 0.25) is 0 Å². The van der Waals surface area contributed by atoms with Gasteiger partial charge in [-0.2, -0.15) is 11.8 Å². The van der Waals surface area contributed by atoms with Gasteiger partial charge in [-0.1, -0.05) is 12.1 Å². The van der Waals surface area contributed by atoms with Gasteiger partial charge in [-0.05, 0) is 61.6 Å². The predicted octanol–water partition coefficient (Wildman–Crippen LogP) is 3.87. The number of thioether (sulfide) groups is 1. The molecule has 0 N–H and O–H groups in total. The largest absolute Gasteiger partial charge is 0.299 e. The molecule has 0 saturated carbocycles. The number of benzene rings is 1. The van der Waals surface area contributed by atoms with Crippen molar-refractivity contribution in [3.63, 3.8) is 0 Å². The number of pyridine rings is 1. The van der Waals surface area contributed by atoms with Crippen LogP contribution in [0.5, 0.6) is 0 Å². The Kier molecular flexibility index (Phi) is 4.27. The summed E-state index contributed by atoms with van der Waals surface area (Å²) in [7, 11) is 2.27. The van der Waals surface area contributed by atoms with E-state index in [2.05, 4.69) is 53.8 Å². The van der Waals surface area contributed by atoms with Crippen molar-refractivity contribution >= 4 is 22.7 Å². The van der Waals surface area contributed by atoms with Crippen LogP contribution in [0.3, 0.4) is 0 Å². The highest BCUT2D eigenvalue weighted by Crippen LogP contribution is 2.26. The highest BCUT2D eigenvalue weighted by molar-refractivity contribution is 7.99. The third-order valence-corrected chi connectivity index (χ3v) is 5.40. The van der Waals surface area contributed by atoms with Crippen molar-refractivity contribution in [1.29, 1.82) is 0 Å². The molecule has 20 heavy (non-hydrogen) atoms. The Labute approximate surface area is 125 Å². The van der Waals surface area contributed by atoms with Crippen LogP contribution >= 0.6 is 11.8 Å². The van der Waals surface area contributed by atoms with Crippen LogP contribution in [-0.2, 0) is 6.54 Å². The monoisotopic (exact) mass is 286 g/mol. The van der Waals surface area contributed by atoms with Crippen LogP contribution < -0.4 is 0 Å². The van der Waals surface area contributed by atoms with Crippen LogP contribution in [0.15, 0.2) is 30.5 Å². The first-order chi connectivity index (χ1) is 9.75. The first kappa shape index (κ1) is 13.9. The summed E-state index contributed by atoms with van der Waals surface area (Å²) in [5.41, 5.74) is 3.93. The van der Waals surface area contributed by atoms with E-state index in [1.54, 1.807) is 0 Å². The van der Waals surface area contributed by atoms with Gasteiger partial charge in [0.25, 0.3) is 0 Å². The molecule has 1 aromatic heterocycles. The van der Waals surface area contributed by atoms with Gasteiger partial charge in [-0.3, -0.25) is 9.88 Å². The van der Waals surface area contributed by atoms with E-state index in [-0.39, 0.29) is 0 Å². The smallest absolute Gasteiger partial charge is 0.0705 e. The second-order valence-corrected chi connectivity index (χ2v) is 6.91. The summed E-state index contributed by atoms with van der Waals surface area (Å²) in [6.07, 6.45) is 4.52. The van der Waals surface area contributed by atoms with Gasteiger partial charge in [-0.15, -0.1) is 0 Å². The molecule has 1 aromatic carbocycles. The zero-order valence-corrected chi connectivity index (χ0v) is 13.1. The Bertz CT molecular complexity index is 591. The molecule has 2 aromatic rings. The second-order valence-electron chi connectivity index (χ2n) is 5.69. The van der Waals surface area contributed by atoms with Crippen molar-refractivity contribution in [3.05, 3.63) is 41.6 Å². The summed E-state index contributed by atoms with van der Waals surface area (Å²) < 4.78 is 0. The molecule has 3 heteroatoms. The van der Waals surface area contributed by atoms with Crippen LogP contribution in [0.25, 0.3) is 10.9 Å². The van der Waals surface area contributed by atoms with Crippen LogP contribution in [0, 0.1) is 6.92 Å². The molecule has 0 amide bonds. The van der Waals surface area contributed by atoms with Gasteiger partial charge in [0.15, 0.2) is 0 Å². The Hall–Kier alpha value is -1.06. The molecular weight excluding hydrogens is 264 g/mol. The molecule has 0 atom stereocenters. The second kappa shape index (κ2) is 6.15. The van der Waals surface area contributed by atoms with Crippen LogP contribution in [-0.4, -0.2) is 34.5 Å². The molecule has 1 aliphatic rings. The number of aryl methyl sites for hydroxylation is 1. The van der Waals surface area contributed by atoms with Crippen LogP contribution in [0.4, 0.5) is 0 Å². The SMILES string of the molecule is Cc1ccc2ncccc2c1CN(C)C1CCSCC1. The minimum absolute atomic E-state index is 0.738. The highest BCUT2D eigenvalue weighted by Gasteiger charge is 2.19. The fraction of sp³-hybridized carbons (Fsp3) is 0.471. The first-order valence-electron chi connectivity index (χ1n) is 7.37. The van der Waals surface area contributed by atoms with E-state index in [0.29, 0.717) is 0 Å². The highest BCUT2D eigenvalue weighted by atomic mass is 32.2.